The highest BCUT2D eigenvalue weighted by molar-refractivity contribution is 5.70. The Morgan fingerprint density at radius 2 is 1.93 bits per heavy atom. The van der Waals surface area contributed by atoms with Crippen LogP contribution in [0.5, 0.6) is 0 Å². The van der Waals surface area contributed by atoms with Crippen molar-refractivity contribution < 1.29 is 9.90 Å². The third-order valence-electron chi connectivity index (χ3n) is 2.26. The third kappa shape index (κ3) is 1.64. The van der Waals surface area contributed by atoms with Crippen LogP contribution in [0.2, 0.25) is 0 Å². The topological polar surface area (TPSA) is 62.0 Å². The SMILES string of the molecule is CC1(c2ccc(CC(=O)O)cc2)N=N1. The lowest BCUT2D eigenvalue weighted by molar-refractivity contribution is -0.136. The van der Waals surface area contributed by atoms with E-state index in [-0.39, 0.29) is 12.1 Å². The Bertz CT molecular complexity index is 389. The summed E-state index contributed by atoms with van der Waals surface area (Å²) in [6.45, 7) is 1.92. The molecule has 0 fully saturated rings. The van der Waals surface area contributed by atoms with Gasteiger partial charge in [-0.1, -0.05) is 24.3 Å². The summed E-state index contributed by atoms with van der Waals surface area (Å²) >= 11 is 0. The van der Waals surface area contributed by atoms with Crippen LogP contribution in [0.4, 0.5) is 0 Å². The van der Waals surface area contributed by atoms with Crippen LogP contribution in [0.15, 0.2) is 34.5 Å². The Labute approximate surface area is 81.3 Å². The molecular formula is C10H10N2O2. The molecule has 1 heterocycles. The van der Waals surface area contributed by atoms with E-state index >= 15 is 0 Å². The molecule has 0 saturated heterocycles. The second-order valence-electron chi connectivity index (χ2n) is 3.49. The largest absolute Gasteiger partial charge is 0.481 e. The molecule has 1 aromatic rings. The van der Waals surface area contributed by atoms with E-state index in [1.807, 2.05) is 19.1 Å². The molecule has 0 amide bonds. The summed E-state index contributed by atoms with van der Waals surface area (Å²) in [6.07, 6.45) is 0.0608. The van der Waals surface area contributed by atoms with Gasteiger partial charge in [0.15, 0.2) is 0 Å². The number of rotatable bonds is 3. The number of carboxylic acids is 1. The zero-order chi connectivity index (χ0) is 10.2. The highest BCUT2D eigenvalue weighted by Crippen LogP contribution is 2.38. The maximum Gasteiger partial charge on any atom is 0.307 e. The van der Waals surface area contributed by atoms with Crippen molar-refractivity contribution in [3.05, 3.63) is 35.4 Å². The van der Waals surface area contributed by atoms with Gasteiger partial charge >= 0.3 is 5.97 Å². The lowest BCUT2D eigenvalue weighted by Crippen LogP contribution is -2.03. The van der Waals surface area contributed by atoms with Crippen LogP contribution in [-0.2, 0) is 16.9 Å². The van der Waals surface area contributed by atoms with Gasteiger partial charge in [-0.3, -0.25) is 4.79 Å². The van der Waals surface area contributed by atoms with E-state index in [0.29, 0.717) is 0 Å². The number of aliphatic carboxylic acids is 1. The lowest BCUT2D eigenvalue weighted by Gasteiger charge is -2.04. The molecule has 1 aromatic carbocycles. The Morgan fingerprint density at radius 3 is 2.36 bits per heavy atom. The predicted octanol–water partition coefficient (Wildman–Crippen LogP) is 1.95. The van der Waals surface area contributed by atoms with Crippen LogP contribution in [0.1, 0.15) is 18.1 Å². The van der Waals surface area contributed by atoms with Crippen molar-refractivity contribution in [1.29, 1.82) is 0 Å². The first-order valence-corrected chi connectivity index (χ1v) is 4.35. The second-order valence-corrected chi connectivity index (χ2v) is 3.49. The second kappa shape index (κ2) is 2.90. The fourth-order valence-corrected chi connectivity index (χ4v) is 1.30. The summed E-state index contributed by atoms with van der Waals surface area (Å²) in [7, 11) is 0. The van der Waals surface area contributed by atoms with Crippen molar-refractivity contribution in [2.24, 2.45) is 10.2 Å². The molecule has 0 bridgehead atoms. The zero-order valence-corrected chi connectivity index (χ0v) is 7.77. The molecule has 0 radical (unpaired) electrons. The number of carboxylic acid groups (broad SMARTS) is 1. The summed E-state index contributed by atoms with van der Waals surface area (Å²) in [4.78, 5) is 10.4. The van der Waals surface area contributed by atoms with Crippen LogP contribution in [0.3, 0.4) is 0 Å². The minimum atomic E-state index is -0.815. The van der Waals surface area contributed by atoms with Gasteiger partial charge in [-0.2, -0.15) is 10.2 Å². The third-order valence-corrected chi connectivity index (χ3v) is 2.26. The van der Waals surface area contributed by atoms with Crippen molar-refractivity contribution in [3.8, 4) is 0 Å². The first kappa shape index (κ1) is 8.87. The molecule has 1 N–H and O–H groups in total. The van der Waals surface area contributed by atoms with Gasteiger partial charge in [-0.15, -0.1) is 0 Å². The predicted molar refractivity (Wildman–Crippen MR) is 50.0 cm³/mol. The first-order valence-electron chi connectivity index (χ1n) is 4.35. The van der Waals surface area contributed by atoms with E-state index < -0.39 is 5.97 Å². The molecule has 72 valence electrons. The molecule has 0 unspecified atom stereocenters. The van der Waals surface area contributed by atoms with Crippen LogP contribution >= 0.6 is 0 Å². The van der Waals surface area contributed by atoms with Gasteiger partial charge in [0.05, 0.1) is 6.42 Å². The number of hydrogen-bond donors (Lipinski definition) is 1. The molecule has 1 aliphatic rings. The smallest absolute Gasteiger partial charge is 0.307 e. The van der Waals surface area contributed by atoms with E-state index in [1.54, 1.807) is 12.1 Å². The van der Waals surface area contributed by atoms with E-state index in [2.05, 4.69) is 10.2 Å². The average Bonchev–Trinajstić information content (AvgIpc) is 2.85. The van der Waals surface area contributed by atoms with E-state index in [9.17, 15) is 4.79 Å². The van der Waals surface area contributed by atoms with Gasteiger partial charge in [0.25, 0.3) is 0 Å². The van der Waals surface area contributed by atoms with Crippen molar-refractivity contribution in [1.82, 2.24) is 0 Å². The summed E-state index contributed by atoms with van der Waals surface area (Å²) in [5.41, 5.74) is 1.43. The quantitative estimate of drug-likeness (QED) is 0.791. The average molecular weight is 190 g/mol. The Morgan fingerprint density at radius 1 is 1.36 bits per heavy atom. The molecule has 0 spiro atoms. The molecule has 0 atom stereocenters. The molecule has 4 heteroatoms. The van der Waals surface area contributed by atoms with Gasteiger partial charge in [0, 0.05) is 5.56 Å². The minimum Gasteiger partial charge on any atom is -0.481 e. The summed E-state index contributed by atoms with van der Waals surface area (Å²) < 4.78 is 0. The fourth-order valence-electron chi connectivity index (χ4n) is 1.30. The van der Waals surface area contributed by atoms with Crippen LogP contribution in [0, 0.1) is 0 Å². The molecule has 0 saturated carbocycles. The molecule has 0 aliphatic carbocycles. The summed E-state index contributed by atoms with van der Waals surface area (Å²) in [5.74, 6) is -0.815. The number of nitrogens with zero attached hydrogens (tertiary/aromatic N) is 2. The first-order chi connectivity index (χ1) is 6.60. The monoisotopic (exact) mass is 190 g/mol. The van der Waals surface area contributed by atoms with Crippen molar-refractivity contribution in [2.45, 2.75) is 19.0 Å². The molecule has 14 heavy (non-hydrogen) atoms. The maximum absolute atomic E-state index is 10.4. The Kier molecular flexibility index (Phi) is 1.84. The zero-order valence-electron chi connectivity index (χ0n) is 7.77. The normalized spacial score (nSPS) is 16.6. The van der Waals surface area contributed by atoms with Gasteiger partial charge in [0.2, 0.25) is 5.66 Å². The number of carbonyl (C=O) groups is 1. The molecule has 4 nitrogen and oxygen atoms in total. The van der Waals surface area contributed by atoms with Gasteiger partial charge in [0.1, 0.15) is 0 Å². The van der Waals surface area contributed by atoms with Gasteiger partial charge in [-0.25, -0.2) is 0 Å². The molecule has 1 aliphatic heterocycles. The van der Waals surface area contributed by atoms with Crippen LogP contribution in [-0.4, -0.2) is 11.1 Å². The van der Waals surface area contributed by atoms with E-state index in [1.165, 1.54) is 0 Å². The number of benzene rings is 1. The van der Waals surface area contributed by atoms with Crippen LogP contribution in [0.25, 0.3) is 0 Å². The van der Waals surface area contributed by atoms with Crippen LogP contribution < -0.4 is 0 Å². The van der Waals surface area contributed by atoms with Crippen molar-refractivity contribution in [3.63, 3.8) is 0 Å². The van der Waals surface area contributed by atoms with Crippen molar-refractivity contribution in [2.75, 3.05) is 0 Å². The Hall–Kier alpha value is -1.71. The fraction of sp³-hybridized carbons (Fsp3) is 0.300. The molecular weight excluding hydrogens is 180 g/mol. The summed E-state index contributed by atoms with van der Waals surface area (Å²) in [5, 5.41) is 16.4. The lowest BCUT2D eigenvalue weighted by atomic mass is 10.0. The molecule has 2 rings (SSSR count). The maximum atomic E-state index is 10.4. The number of hydrogen-bond acceptors (Lipinski definition) is 3. The highest BCUT2D eigenvalue weighted by atomic mass is 16.4. The minimum absolute atomic E-state index is 0.0608. The standard InChI is InChI=1S/C10H10N2O2/c1-10(11-12-10)8-4-2-7(3-5-8)6-9(13)14/h2-5H,6H2,1H3,(H,13,14). The highest BCUT2D eigenvalue weighted by Gasteiger charge is 2.35. The van der Waals surface area contributed by atoms with Gasteiger partial charge in [-0.05, 0) is 12.5 Å². The molecule has 0 aromatic heterocycles. The Balaban J connectivity index is 2.14. The van der Waals surface area contributed by atoms with E-state index in [0.717, 1.165) is 11.1 Å². The van der Waals surface area contributed by atoms with Crippen molar-refractivity contribution >= 4 is 5.97 Å². The van der Waals surface area contributed by atoms with Gasteiger partial charge < -0.3 is 5.11 Å². The van der Waals surface area contributed by atoms with E-state index in [4.69, 9.17) is 5.11 Å². The summed E-state index contributed by atoms with van der Waals surface area (Å²) in [6, 6.07) is 7.35.